The fourth-order valence-electron chi connectivity index (χ4n) is 2.27. The van der Waals surface area contributed by atoms with Crippen LogP contribution in [0.3, 0.4) is 0 Å². The Balaban J connectivity index is 0.00000156. The molecule has 0 saturated heterocycles. The second kappa shape index (κ2) is 9.04. The van der Waals surface area contributed by atoms with Gasteiger partial charge in [0, 0.05) is 21.0 Å². The lowest BCUT2D eigenvalue weighted by atomic mass is 10.1. The van der Waals surface area contributed by atoms with Gasteiger partial charge in [0.05, 0.1) is 4.90 Å². The second-order valence-corrected chi connectivity index (χ2v) is 6.77. The van der Waals surface area contributed by atoms with E-state index in [1.807, 2.05) is 36.4 Å². The van der Waals surface area contributed by atoms with Crippen molar-refractivity contribution in [3.63, 3.8) is 0 Å². The average Bonchev–Trinajstić information content (AvgIpc) is 2.58. The van der Waals surface area contributed by atoms with E-state index in [0.29, 0.717) is 12.2 Å². The number of anilines is 1. The zero-order valence-electron chi connectivity index (χ0n) is 13.0. The molecule has 3 aromatic rings. The highest BCUT2D eigenvalue weighted by Crippen LogP contribution is 2.20. The molecule has 3 radical (unpaired) electrons. The minimum Gasteiger partial charge on any atom is -0.263 e. The van der Waals surface area contributed by atoms with Crippen molar-refractivity contribution in [2.45, 2.75) is 18.7 Å². The predicted molar refractivity (Wildman–Crippen MR) is 103 cm³/mol. The van der Waals surface area contributed by atoms with E-state index in [2.05, 4.69) is 9.71 Å². The fraction of sp³-hybridized carbons (Fsp3) is 0.105. The monoisotopic (exact) mass is 351 g/mol. The quantitative estimate of drug-likeness (QED) is 0.713. The van der Waals surface area contributed by atoms with Gasteiger partial charge in [-0.2, -0.15) is 0 Å². The molecule has 1 heterocycles. The Bertz CT molecular complexity index is 886. The van der Waals surface area contributed by atoms with Gasteiger partial charge in [-0.25, -0.2) is 13.4 Å². The molecular weight excluding hydrogens is 331 g/mol. The van der Waals surface area contributed by atoms with Crippen LogP contribution in [0.2, 0.25) is 0 Å². The van der Waals surface area contributed by atoms with Gasteiger partial charge in [-0.15, -0.1) is 0 Å². The van der Waals surface area contributed by atoms with Gasteiger partial charge in [-0.1, -0.05) is 62.0 Å². The van der Waals surface area contributed by atoms with Crippen LogP contribution in [0.15, 0.2) is 83.9 Å². The summed E-state index contributed by atoms with van der Waals surface area (Å²) in [6.45, 7) is 0. The van der Waals surface area contributed by atoms with Gasteiger partial charge < -0.3 is 0 Å². The lowest BCUT2D eigenvalue weighted by molar-refractivity contribution is 0.601. The molecule has 1 N–H and O–H groups in total. The summed E-state index contributed by atoms with van der Waals surface area (Å²) < 4.78 is 27.5. The standard InChI is InChI=1S/C18H16N2O2S.CH4.B/c21-23(22,17-11-5-2-6-12-17)20-18-16(10-7-13-19-18)14-15-8-3-1-4-9-15;;/h1-13H,14H2,(H,19,20);1H4;. The van der Waals surface area contributed by atoms with Crippen LogP contribution in [0.25, 0.3) is 0 Å². The van der Waals surface area contributed by atoms with Gasteiger partial charge >= 0.3 is 0 Å². The van der Waals surface area contributed by atoms with Crippen molar-refractivity contribution < 1.29 is 8.42 Å². The van der Waals surface area contributed by atoms with Crippen molar-refractivity contribution in [2.24, 2.45) is 0 Å². The van der Waals surface area contributed by atoms with Gasteiger partial charge in [0.25, 0.3) is 10.0 Å². The number of rotatable bonds is 5. The van der Waals surface area contributed by atoms with Crippen LogP contribution < -0.4 is 4.72 Å². The molecule has 0 spiro atoms. The third-order valence-corrected chi connectivity index (χ3v) is 4.77. The minimum absolute atomic E-state index is 0. The molecule has 0 fully saturated rings. The molecule has 0 atom stereocenters. The SMILES string of the molecule is C.O=S(=O)(Nc1ncccc1Cc1ccccc1)c1ccccc1.[B]. The molecule has 127 valence electrons. The summed E-state index contributed by atoms with van der Waals surface area (Å²) in [6, 6.07) is 21.8. The van der Waals surface area contributed by atoms with Crippen molar-refractivity contribution in [3.8, 4) is 0 Å². The van der Waals surface area contributed by atoms with E-state index in [1.165, 1.54) is 0 Å². The Morgan fingerprint density at radius 2 is 1.44 bits per heavy atom. The van der Waals surface area contributed by atoms with Gasteiger partial charge in [-0.3, -0.25) is 4.72 Å². The fourth-order valence-corrected chi connectivity index (χ4v) is 3.35. The van der Waals surface area contributed by atoms with Crippen LogP contribution >= 0.6 is 0 Å². The van der Waals surface area contributed by atoms with Gasteiger partial charge in [0.2, 0.25) is 0 Å². The molecule has 2 aromatic carbocycles. The average molecular weight is 351 g/mol. The largest absolute Gasteiger partial charge is 0.263 e. The number of nitrogens with one attached hydrogen (secondary N) is 1. The van der Waals surface area contributed by atoms with Crippen LogP contribution in [0, 0.1) is 0 Å². The Kier molecular flexibility index (Phi) is 7.39. The smallest absolute Gasteiger partial charge is 0.263 e. The molecule has 6 heteroatoms. The van der Waals surface area contributed by atoms with E-state index in [0.717, 1.165) is 11.1 Å². The predicted octanol–water partition coefficient (Wildman–Crippen LogP) is 3.73. The number of aromatic nitrogens is 1. The molecule has 0 aliphatic carbocycles. The van der Waals surface area contributed by atoms with Gasteiger partial charge in [0.15, 0.2) is 0 Å². The molecule has 0 unspecified atom stereocenters. The van der Waals surface area contributed by atoms with Crippen molar-refractivity contribution in [3.05, 3.63) is 90.1 Å². The highest BCUT2D eigenvalue weighted by Gasteiger charge is 2.16. The number of pyridine rings is 1. The van der Waals surface area contributed by atoms with Gasteiger partial charge in [0.1, 0.15) is 5.82 Å². The van der Waals surface area contributed by atoms with Crippen LogP contribution in [0.1, 0.15) is 18.6 Å². The molecule has 4 nitrogen and oxygen atoms in total. The summed E-state index contributed by atoms with van der Waals surface area (Å²) in [5, 5.41) is 0. The molecule has 0 aliphatic heterocycles. The van der Waals surface area contributed by atoms with Crippen molar-refractivity contribution in [1.82, 2.24) is 4.98 Å². The van der Waals surface area contributed by atoms with E-state index in [4.69, 9.17) is 0 Å². The maximum Gasteiger partial charge on any atom is 0.263 e. The maximum atomic E-state index is 12.5. The molecule has 0 bridgehead atoms. The van der Waals surface area contributed by atoms with E-state index >= 15 is 0 Å². The van der Waals surface area contributed by atoms with Crippen molar-refractivity contribution in [1.29, 1.82) is 0 Å². The summed E-state index contributed by atoms with van der Waals surface area (Å²) in [6.07, 6.45) is 2.19. The van der Waals surface area contributed by atoms with Crippen LogP contribution in [0.5, 0.6) is 0 Å². The van der Waals surface area contributed by atoms with Crippen molar-refractivity contribution >= 4 is 24.3 Å². The Morgan fingerprint density at radius 1 is 0.840 bits per heavy atom. The highest BCUT2D eigenvalue weighted by molar-refractivity contribution is 7.92. The third kappa shape index (κ3) is 5.19. The summed E-state index contributed by atoms with van der Waals surface area (Å²) in [5.74, 6) is 0.361. The molecular formula is C19H20BN2O2S. The highest BCUT2D eigenvalue weighted by atomic mass is 32.2. The molecule has 1 aromatic heterocycles. The second-order valence-electron chi connectivity index (χ2n) is 5.09. The zero-order chi connectivity index (χ0) is 16.1. The van der Waals surface area contributed by atoms with E-state index in [1.54, 1.807) is 42.6 Å². The van der Waals surface area contributed by atoms with Crippen LogP contribution in [-0.4, -0.2) is 21.8 Å². The Labute approximate surface area is 151 Å². The number of hydrogen-bond donors (Lipinski definition) is 1. The zero-order valence-corrected chi connectivity index (χ0v) is 13.8. The summed E-state index contributed by atoms with van der Waals surface area (Å²) in [5.41, 5.74) is 1.93. The number of benzene rings is 2. The molecule has 0 aliphatic rings. The number of hydrogen-bond acceptors (Lipinski definition) is 3. The summed E-state index contributed by atoms with van der Waals surface area (Å²) in [4.78, 5) is 4.41. The minimum atomic E-state index is -3.64. The molecule has 0 amide bonds. The lowest BCUT2D eigenvalue weighted by Crippen LogP contribution is -2.15. The third-order valence-electron chi connectivity index (χ3n) is 3.41. The Morgan fingerprint density at radius 3 is 2.08 bits per heavy atom. The first-order valence-corrected chi connectivity index (χ1v) is 8.69. The first-order chi connectivity index (χ1) is 11.1. The van der Waals surface area contributed by atoms with Crippen LogP contribution in [-0.2, 0) is 16.4 Å². The first kappa shape index (κ1) is 20.4. The number of nitrogens with zero attached hydrogens (tertiary/aromatic N) is 1. The molecule has 3 rings (SSSR count). The topological polar surface area (TPSA) is 59.1 Å². The van der Waals surface area contributed by atoms with E-state index < -0.39 is 10.0 Å². The van der Waals surface area contributed by atoms with Gasteiger partial charge in [-0.05, 0) is 29.3 Å². The van der Waals surface area contributed by atoms with Crippen molar-refractivity contribution in [2.75, 3.05) is 4.72 Å². The molecule has 0 saturated carbocycles. The van der Waals surface area contributed by atoms with E-state index in [9.17, 15) is 8.42 Å². The Hall–Kier alpha value is -2.60. The maximum absolute atomic E-state index is 12.5. The lowest BCUT2D eigenvalue weighted by Gasteiger charge is -2.11. The molecule has 25 heavy (non-hydrogen) atoms. The van der Waals surface area contributed by atoms with E-state index in [-0.39, 0.29) is 20.7 Å². The summed E-state index contributed by atoms with van der Waals surface area (Å²) in [7, 11) is -3.64. The summed E-state index contributed by atoms with van der Waals surface area (Å²) >= 11 is 0. The number of sulfonamides is 1. The van der Waals surface area contributed by atoms with Crippen LogP contribution in [0.4, 0.5) is 5.82 Å². The first-order valence-electron chi connectivity index (χ1n) is 7.21. The normalized spacial score (nSPS) is 10.2.